The Morgan fingerprint density at radius 3 is 2.61 bits per heavy atom. The van der Waals surface area contributed by atoms with Crippen LogP contribution in [0, 0.1) is 0 Å². The Kier molecular flexibility index (Phi) is 5.01. The lowest BCUT2D eigenvalue weighted by Gasteiger charge is -2.49. The van der Waals surface area contributed by atoms with Gasteiger partial charge in [0.2, 0.25) is 0 Å². The maximum Gasteiger partial charge on any atom is 0.0662 e. The first-order valence-corrected chi connectivity index (χ1v) is 7.45. The molecule has 0 spiro atoms. The second-order valence-electron chi connectivity index (χ2n) is 5.86. The van der Waals surface area contributed by atoms with Crippen molar-refractivity contribution in [1.82, 2.24) is 9.80 Å². The van der Waals surface area contributed by atoms with Gasteiger partial charge in [0.1, 0.15) is 0 Å². The molecular weight excluding hydrogens is 226 g/mol. The van der Waals surface area contributed by atoms with Gasteiger partial charge in [-0.25, -0.2) is 0 Å². The lowest BCUT2D eigenvalue weighted by atomic mass is 9.87. The van der Waals surface area contributed by atoms with Crippen LogP contribution < -0.4 is 5.73 Å². The molecule has 2 N–H and O–H groups in total. The molecule has 2 saturated heterocycles. The zero-order valence-corrected chi connectivity index (χ0v) is 12.0. The molecule has 0 radical (unpaired) electrons. The summed E-state index contributed by atoms with van der Waals surface area (Å²) in [4.78, 5) is 5.08. The standard InChI is InChI=1S/C14H29N3O/c1-3-17-8-5-13(6-9-17)16(2)14(11-15)7-4-10-18-12-14/h13H,3-12,15H2,1-2H3. The molecule has 2 fully saturated rings. The van der Waals surface area contributed by atoms with Gasteiger partial charge in [0.15, 0.2) is 0 Å². The van der Waals surface area contributed by atoms with E-state index >= 15 is 0 Å². The van der Waals surface area contributed by atoms with E-state index in [1.54, 1.807) is 0 Å². The number of likely N-dealkylation sites (tertiary alicyclic amines) is 1. The van der Waals surface area contributed by atoms with E-state index in [9.17, 15) is 0 Å². The normalized spacial score (nSPS) is 32.0. The minimum atomic E-state index is 0.0945. The summed E-state index contributed by atoms with van der Waals surface area (Å²) in [6.45, 7) is 8.33. The van der Waals surface area contributed by atoms with Crippen LogP contribution in [0.2, 0.25) is 0 Å². The number of ether oxygens (including phenoxy) is 1. The Hall–Kier alpha value is -0.160. The quantitative estimate of drug-likeness (QED) is 0.811. The summed E-state index contributed by atoms with van der Waals surface area (Å²) in [5.41, 5.74) is 6.16. The summed E-state index contributed by atoms with van der Waals surface area (Å²) in [7, 11) is 2.26. The van der Waals surface area contributed by atoms with E-state index in [1.165, 1.54) is 38.9 Å². The van der Waals surface area contributed by atoms with E-state index in [-0.39, 0.29) is 5.54 Å². The third kappa shape index (κ3) is 2.87. The molecule has 0 aromatic rings. The molecule has 0 aromatic heterocycles. The van der Waals surface area contributed by atoms with Gasteiger partial charge < -0.3 is 15.4 Å². The Balaban J connectivity index is 1.94. The number of hydrogen-bond donors (Lipinski definition) is 1. The smallest absolute Gasteiger partial charge is 0.0662 e. The van der Waals surface area contributed by atoms with Gasteiger partial charge in [-0.05, 0) is 52.4 Å². The first-order valence-electron chi connectivity index (χ1n) is 7.45. The average molecular weight is 255 g/mol. The maximum atomic E-state index is 6.07. The zero-order chi connectivity index (χ0) is 13.0. The monoisotopic (exact) mass is 255 g/mol. The molecular formula is C14H29N3O. The van der Waals surface area contributed by atoms with E-state index in [4.69, 9.17) is 10.5 Å². The Morgan fingerprint density at radius 1 is 1.39 bits per heavy atom. The van der Waals surface area contributed by atoms with Gasteiger partial charge in [-0.15, -0.1) is 0 Å². The molecule has 18 heavy (non-hydrogen) atoms. The molecule has 4 heteroatoms. The van der Waals surface area contributed by atoms with Gasteiger partial charge in [-0.3, -0.25) is 4.90 Å². The Labute approximate surface area is 111 Å². The van der Waals surface area contributed by atoms with Crippen LogP contribution in [0.15, 0.2) is 0 Å². The second-order valence-corrected chi connectivity index (χ2v) is 5.86. The largest absolute Gasteiger partial charge is 0.379 e. The minimum absolute atomic E-state index is 0.0945. The fourth-order valence-corrected chi connectivity index (χ4v) is 3.43. The Bertz CT molecular complexity index is 245. The number of likely N-dealkylation sites (N-methyl/N-ethyl adjacent to an activating group) is 1. The highest BCUT2D eigenvalue weighted by molar-refractivity contribution is 4.96. The van der Waals surface area contributed by atoms with Crippen LogP contribution in [0.5, 0.6) is 0 Å². The van der Waals surface area contributed by atoms with Crippen molar-refractivity contribution >= 4 is 0 Å². The summed E-state index contributed by atoms with van der Waals surface area (Å²) in [6.07, 6.45) is 4.88. The van der Waals surface area contributed by atoms with Crippen molar-refractivity contribution in [1.29, 1.82) is 0 Å². The van der Waals surface area contributed by atoms with E-state index in [1.807, 2.05) is 0 Å². The third-order valence-corrected chi connectivity index (χ3v) is 4.98. The van der Waals surface area contributed by atoms with Crippen LogP contribution in [0.1, 0.15) is 32.6 Å². The van der Waals surface area contributed by atoms with Crippen LogP contribution in [0.3, 0.4) is 0 Å². The van der Waals surface area contributed by atoms with Crippen LogP contribution in [-0.2, 0) is 4.74 Å². The van der Waals surface area contributed by atoms with Crippen molar-refractivity contribution in [3.8, 4) is 0 Å². The van der Waals surface area contributed by atoms with Crippen LogP contribution >= 0.6 is 0 Å². The van der Waals surface area contributed by atoms with Crippen molar-refractivity contribution in [2.24, 2.45) is 5.73 Å². The van der Waals surface area contributed by atoms with E-state index in [0.29, 0.717) is 6.04 Å². The Morgan fingerprint density at radius 2 is 2.11 bits per heavy atom. The van der Waals surface area contributed by atoms with Crippen molar-refractivity contribution in [2.45, 2.75) is 44.2 Å². The molecule has 0 amide bonds. The molecule has 0 saturated carbocycles. The molecule has 0 aromatic carbocycles. The summed E-state index contributed by atoms with van der Waals surface area (Å²) >= 11 is 0. The predicted octanol–water partition coefficient (Wildman–Crippen LogP) is 0.910. The van der Waals surface area contributed by atoms with E-state index in [2.05, 4.69) is 23.8 Å². The van der Waals surface area contributed by atoms with Crippen molar-refractivity contribution in [2.75, 3.05) is 46.4 Å². The highest BCUT2D eigenvalue weighted by Gasteiger charge is 2.39. The molecule has 1 unspecified atom stereocenters. The number of hydrogen-bond acceptors (Lipinski definition) is 4. The minimum Gasteiger partial charge on any atom is -0.379 e. The fraction of sp³-hybridized carbons (Fsp3) is 1.00. The fourth-order valence-electron chi connectivity index (χ4n) is 3.43. The number of rotatable bonds is 4. The van der Waals surface area contributed by atoms with Gasteiger partial charge in [-0.1, -0.05) is 6.92 Å². The van der Waals surface area contributed by atoms with Gasteiger partial charge in [-0.2, -0.15) is 0 Å². The lowest BCUT2D eigenvalue weighted by molar-refractivity contribution is -0.0598. The van der Waals surface area contributed by atoms with Gasteiger partial charge in [0.05, 0.1) is 12.1 Å². The summed E-state index contributed by atoms with van der Waals surface area (Å²) in [5.74, 6) is 0. The summed E-state index contributed by atoms with van der Waals surface area (Å²) < 4.78 is 5.70. The number of nitrogens with two attached hydrogens (primary N) is 1. The first-order chi connectivity index (χ1) is 8.72. The molecule has 4 nitrogen and oxygen atoms in total. The zero-order valence-electron chi connectivity index (χ0n) is 12.0. The highest BCUT2D eigenvalue weighted by atomic mass is 16.5. The van der Waals surface area contributed by atoms with Crippen LogP contribution in [0.25, 0.3) is 0 Å². The molecule has 0 aliphatic carbocycles. The van der Waals surface area contributed by atoms with E-state index in [0.717, 1.165) is 26.2 Å². The number of nitrogens with zero attached hydrogens (tertiary/aromatic N) is 2. The molecule has 0 bridgehead atoms. The first kappa shape index (κ1) is 14.3. The highest BCUT2D eigenvalue weighted by Crippen LogP contribution is 2.29. The third-order valence-electron chi connectivity index (χ3n) is 4.98. The maximum absolute atomic E-state index is 6.07. The topological polar surface area (TPSA) is 41.7 Å². The van der Waals surface area contributed by atoms with Crippen LogP contribution in [-0.4, -0.2) is 67.8 Å². The molecule has 1 atom stereocenters. The molecule has 2 aliphatic heterocycles. The van der Waals surface area contributed by atoms with Gasteiger partial charge in [0, 0.05) is 19.2 Å². The van der Waals surface area contributed by atoms with Crippen molar-refractivity contribution in [3.05, 3.63) is 0 Å². The van der Waals surface area contributed by atoms with Crippen LogP contribution in [0.4, 0.5) is 0 Å². The summed E-state index contributed by atoms with van der Waals surface area (Å²) in [6, 6.07) is 0.679. The average Bonchev–Trinajstić information content (AvgIpc) is 2.47. The molecule has 2 heterocycles. The van der Waals surface area contributed by atoms with Crippen molar-refractivity contribution < 1.29 is 4.74 Å². The SMILES string of the molecule is CCN1CCC(N(C)C2(CN)CCCOC2)CC1. The molecule has 2 rings (SSSR count). The van der Waals surface area contributed by atoms with Gasteiger partial charge in [0.25, 0.3) is 0 Å². The molecule has 106 valence electrons. The second kappa shape index (κ2) is 6.33. The number of piperidine rings is 1. The summed E-state index contributed by atoms with van der Waals surface area (Å²) in [5, 5.41) is 0. The van der Waals surface area contributed by atoms with E-state index < -0.39 is 0 Å². The predicted molar refractivity (Wildman–Crippen MR) is 74.7 cm³/mol. The molecule has 2 aliphatic rings. The lowest BCUT2D eigenvalue weighted by Crippen LogP contribution is -2.61. The van der Waals surface area contributed by atoms with Gasteiger partial charge >= 0.3 is 0 Å². The van der Waals surface area contributed by atoms with Crippen molar-refractivity contribution in [3.63, 3.8) is 0 Å².